The molecule has 0 spiro atoms. The molecule has 14 nitrogen and oxygen atoms in total. The van der Waals surface area contributed by atoms with Crippen molar-refractivity contribution in [3.8, 4) is 17.1 Å². The van der Waals surface area contributed by atoms with Gasteiger partial charge in [0.15, 0.2) is 0 Å². The maximum Gasteiger partial charge on any atom is 0.414 e. The number of nitro groups is 1. The molecule has 1 saturated heterocycles. The van der Waals surface area contributed by atoms with E-state index in [2.05, 4.69) is 20.3 Å². The minimum absolute atomic E-state index is 0.175. The highest BCUT2D eigenvalue weighted by molar-refractivity contribution is 5.90. The van der Waals surface area contributed by atoms with Crippen LogP contribution in [-0.4, -0.2) is 65.9 Å². The molecule has 0 saturated carbocycles. The maximum absolute atomic E-state index is 15.1. The number of pyridine rings is 1. The molecule has 2 atom stereocenters. The normalized spacial score (nSPS) is 18.5. The number of rotatable bonds is 8. The Morgan fingerprint density at radius 3 is 2.87 bits per heavy atom. The van der Waals surface area contributed by atoms with Crippen molar-refractivity contribution in [2.45, 2.75) is 31.9 Å². The molecule has 1 amide bonds. The Hall–Kier alpha value is -4.92. The third kappa shape index (κ3) is 5.11. The number of aromatic nitrogens is 6. The lowest BCUT2D eigenvalue weighted by Gasteiger charge is -2.22. The predicted octanol–water partition coefficient (Wildman–Crippen LogP) is 2.59. The summed E-state index contributed by atoms with van der Waals surface area (Å²) in [6.45, 7) is 1.35. The van der Waals surface area contributed by atoms with E-state index in [1.54, 1.807) is 41.3 Å². The van der Waals surface area contributed by atoms with Gasteiger partial charge in [0.05, 0.1) is 43.8 Å². The summed E-state index contributed by atoms with van der Waals surface area (Å²) in [6, 6.07) is 8.20. The van der Waals surface area contributed by atoms with E-state index >= 15 is 4.39 Å². The molecule has 1 aromatic carbocycles. The first-order chi connectivity index (χ1) is 18.9. The molecular weight excluding hydrogens is 515 g/mol. The average Bonchev–Trinajstić information content (AvgIpc) is 3.68. The number of amides is 1. The predicted molar refractivity (Wildman–Crippen MR) is 130 cm³/mol. The highest BCUT2D eigenvalue weighted by Gasteiger charge is 2.33. The number of halogens is 1. The van der Waals surface area contributed by atoms with Crippen LogP contribution >= 0.6 is 0 Å². The number of hydrogen-bond donors (Lipinski definition) is 0. The van der Waals surface area contributed by atoms with Gasteiger partial charge >= 0.3 is 17.9 Å². The van der Waals surface area contributed by atoms with Crippen LogP contribution in [0, 0.1) is 15.9 Å². The number of anilines is 1. The maximum atomic E-state index is 15.1. The van der Waals surface area contributed by atoms with E-state index in [0.29, 0.717) is 35.6 Å². The largest absolute Gasteiger partial charge is 0.443 e. The number of benzene rings is 1. The van der Waals surface area contributed by atoms with Crippen molar-refractivity contribution in [2.24, 2.45) is 0 Å². The van der Waals surface area contributed by atoms with Crippen LogP contribution in [0.3, 0.4) is 0 Å². The van der Waals surface area contributed by atoms with Gasteiger partial charge in [-0.1, -0.05) is 11.3 Å². The quantitative estimate of drug-likeness (QED) is 0.243. The SMILES string of the molecule is O=C1O[C@@H](Cn2ccnn2)CN1c1ccc(-c2ccc(COC3COc4nc([N+](=O)[O-])cn4C3)nc2)c(F)c1. The van der Waals surface area contributed by atoms with Gasteiger partial charge < -0.3 is 24.3 Å². The molecule has 4 aromatic rings. The Morgan fingerprint density at radius 1 is 1.23 bits per heavy atom. The number of fused-ring (bicyclic) bond motifs is 1. The second kappa shape index (κ2) is 10.1. The van der Waals surface area contributed by atoms with Gasteiger partial charge in [-0.2, -0.15) is 0 Å². The van der Waals surface area contributed by atoms with Crippen molar-refractivity contribution in [1.82, 2.24) is 29.5 Å². The number of carbonyl (C=O) groups excluding carboxylic acids is 1. The number of hydrogen-bond acceptors (Lipinski definition) is 10. The zero-order valence-electron chi connectivity index (χ0n) is 20.3. The molecule has 1 fully saturated rings. The van der Waals surface area contributed by atoms with Crippen LogP contribution in [0.4, 0.5) is 20.7 Å². The van der Waals surface area contributed by atoms with Crippen molar-refractivity contribution in [1.29, 1.82) is 0 Å². The molecule has 1 unspecified atom stereocenters. The molecule has 2 aliphatic rings. The number of nitrogens with zero attached hydrogens (tertiary/aromatic N) is 8. The van der Waals surface area contributed by atoms with Crippen LogP contribution < -0.4 is 9.64 Å². The summed E-state index contributed by atoms with van der Waals surface area (Å²) >= 11 is 0. The zero-order chi connectivity index (χ0) is 26.9. The molecule has 0 aliphatic carbocycles. The molecule has 200 valence electrons. The van der Waals surface area contributed by atoms with Gasteiger partial charge in [-0.05, 0) is 29.2 Å². The van der Waals surface area contributed by atoms with Crippen LogP contribution in [0.15, 0.2) is 55.1 Å². The molecule has 0 radical (unpaired) electrons. The summed E-state index contributed by atoms with van der Waals surface area (Å²) in [6.07, 6.45) is 4.74. The summed E-state index contributed by atoms with van der Waals surface area (Å²) in [5.41, 5.74) is 1.91. The van der Waals surface area contributed by atoms with E-state index in [-0.39, 0.29) is 37.7 Å². The van der Waals surface area contributed by atoms with E-state index in [9.17, 15) is 14.9 Å². The van der Waals surface area contributed by atoms with Crippen LogP contribution in [0.5, 0.6) is 6.01 Å². The van der Waals surface area contributed by atoms with Crippen molar-refractivity contribution >= 4 is 17.6 Å². The second-order valence-corrected chi connectivity index (χ2v) is 8.98. The molecular formula is C24H21FN8O6. The van der Waals surface area contributed by atoms with E-state index in [0.717, 1.165) is 0 Å². The van der Waals surface area contributed by atoms with Crippen LogP contribution in [0.1, 0.15) is 5.69 Å². The lowest BCUT2D eigenvalue weighted by Crippen LogP contribution is -2.32. The van der Waals surface area contributed by atoms with E-state index < -0.39 is 22.9 Å². The van der Waals surface area contributed by atoms with E-state index in [1.807, 2.05) is 0 Å². The second-order valence-electron chi connectivity index (χ2n) is 8.98. The van der Waals surface area contributed by atoms with Gasteiger partial charge in [-0.3, -0.25) is 14.5 Å². The van der Waals surface area contributed by atoms with Crippen molar-refractivity contribution < 1.29 is 28.3 Å². The first-order valence-electron chi connectivity index (χ1n) is 12.0. The fourth-order valence-electron chi connectivity index (χ4n) is 4.40. The Kier molecular flexibility index (Phi) is 6.32. The van der Waals surface area contributed by atoms with E-state index in [4.69, 9.17) is 14.2 Å². The molecule has 2 aliphatic heterocycles. The summed E-state index contributed by atoms with van der Waals surface area (Å²) in [5, 5.41) is 18.5. The van der Waals surface area contributed by atoms with Crippen molar-refractivity contribution in [2.75, 3.05) is 18.1 Å². The number of cyclic esters (lactones) is 1. The number of ether oxygens (including phenoxy) is 3. The van der Waals surface area contributed by atoms with Crippen LogP contribution in [0.2, 0.25) is 0 Å². The van der Waals surface area contributed by atoms with Gasteiger partial charge in [0.2, 0.25) is 0 Å². The fraction of sp³-hybridized carbons (Fsp3) is 0.292. The van der Waals surface area contributed by atoms with Gasteiger partial charge in [0.1, 0.15) is 30.8 Å². The standard InChI is InChI=1S/C24H21FN8O6/c25-21-7-17(32-11-18(39-24(32)34)10-31-6-5-27-29-31)3-4-20(21)15-1-2-16(26-8-15)13-37-19-9-30-12-22(33(35)36)28-23(30)38-14-19/h1-8,12,18-19H,9-11,13-14H2/t18-,19?/m0/s1. The highest BCUT2D eigenvalue weighted by Crippen LogP contribution is 2.29. The van der Waals surface area contributed by atoms with Crippen molar-refractivity contribution in [3.63, 3.8) is 0 Å². The molecule has 5 heterocycles. The lowest BCUT2D eigenvalue weighted by molar-refractivity contribution is -0.389. The molecule has 0 N–H and O–H groups in total. The molecule has 15 heteroatoms. The van der Waals surface area contributed by atoms with Crippen molar-refractivity contribution in [3.05, 3.63) is 76.7 Å². The summed E-state index contributed by atoms with van der Waals surface area (Å²) in [7, 11) is 0. The Labute approximate surface area is 219 Å². The summed E-state index contributed by atoms with van der Waals surface area (Å²) in [5.74, 6) is -0.786. The summed E-state index contributed by atoms with van der Waals surface area (Å²) in [4.78, 5) is 32.2. The minimum atomic E-state index is -0.579. The third-order valence-corrected chi connectivity index (χ3v) is 6.32. The molecule has 0 bridgehead atoms. The zero-order valence-corrected chi connectivity index (χ0v) is 20.3. The lowest BCUT2D eigenvalue weighted by atomic mass is 10.1. The summed E-state index contributed by atoms with van der Waals surface area (Å²) < 4.78 is 34.8. The van der Waals surface area contributed by atoms with Gasteiger partial charge in [0, 0.05) is 28.5 Å². The van der Waals surface area contributed by atoms with Crippen LogP contribution in [0.25, 0.3) is 11.1 Å². The average molecular weight is 536 g/mol. The smallest absolute Gasteiger partial charge is 0.414 e. The van der Waals surface area contributed by atoms with E-state index in [1.165, 1.54) is 27.9 Å². The first kappa shape index (κ1) is 24.4. The minimum Gasteiger partial charge on any atom is -0.443 e. The monoisotopic (exact) mass is 536 g/mol. The first-order valence-corrected chi connectivity index (χ1v) is 12.0. The fourth-order valence-corrected chi connectivity index (χ4v) is 4.40. The third-order valence-electron chi connectivity index (χ3n) is 6.32. The Balaban J connectivity index is 1.06. The van der Waals surface area contributed by atoms with Crippen LogP contribution in [-0.2, 0) is 29.2 Å². The molecule has 3 aromatic heterocycles. The Bertz CT molecular complexity index is 1510. The van der Waals surface area contributed by atoms with Gasteiger partial charge in [0.25, 0.3) is 0 Å². The number of carbonyl (C=O) groups is 1. The molecule has 39 heavy (non-hydrogen) atoms. The highest BCUT2D eigenvalue weighted by atomic mass is 19.1. The Morgan fingerprint density at radius 2 is 2.13 bits per heavy atom. The van der Waals surface area contributed by atoms with Gasteiger partial charge in [-0.15, -0.1) is 5.10 Å². The van der Waals surface area contributed by atoms with Gasteiger partial charge in [-0.25, -0.2) is 13.9 Å². The topological polar surface area (TPSA) is 153 Å². The number of imidazole rings is 1. The molecule has 6 rings (SSSR count).